The van der Waals surface area contributed by atoms with Gasteiger partial charge in [0.05, 0.1) is 5.69 Å². The van der Waals surface area contributed by atoms with Gasteiger partial charge in [-0.15, -0.1) is 11.3 Å². The first-order valence-electron chi connectivity index (χ1n) is 7.00. The van der Waals surface area contributed by atoms with Gasteiger partial charge in [-0.3, -0.25) is 4.79 Å². The zero-order valence-corrected chi connectivity index (χ0v) is 12.7. The van der Waals surface area contributed by atoms with Crippen LogP contribution in [0.3, 0.4) is 0 Å². The molecule has 1 saturated carbocycles. The van der Waals surface area contributed by atoms with Gasteiger partial charge in [-0.25, -0.2) is 0 Å². The number of hydrogen-bond acceptors (Lipinski definition) is 5. The monoisotopic (exact) mass is 292 g/mol. The van der Waals surface area contributed by atoms with Crippen molar-refractivity contribution in [3.8, 4) is 6.07 Å². The van der Waals surface area contributed by atoms with Gasteiger partial charge < -0.3 is 16.0 Å². The molecular weight excluding hydrogens is 272 g/mol. The summed E-state index contributed by atoms with van der Waals surface area (Å²) in [5.41, 5.74) is 6.76. The molecule has 1 fully saturated rings. The highest BCUT2D eigenvalue weighted by atomic mass is 32.1. The molecule has 0 aliphatic heterocycles. The number of rotatable bonds is 6. The van der Waals surface area contributed by atoms with Crippen molar-refractivity contribution in [1.82, 2.24) is 5.32 Å². The first kappa shape index (κ1) is 14.7. The molecule has 1 aromatic rings. The Balaban J connectivity index is 2.32. The molecule has 1 heterocycles. The van der Waals surface area contributed by atoms with Crippen LogP contribution in [0.4, 0.5) is 10.7 Å². The molecule has 1 aliphatic carbocycles. The zero-order chi connectivity index (χ0) is 14.7. The molecule has 0 atom stereocenters. The molecule has 0 unspecified atom stereocenters. The Bertz CT molecular complexity index is 542. The van der Waals surface area contributed by atoms with Crippen molar-refractivity contribution in [1.29, 1.82) is 5.26 Å². The zero-order valence-electron chi connectivity index (χ0n) is 11.9. The van der Waals surface area contributed by atoms with Crippen molar-refractivity contribution in [3.05, 3.63) is 10.4 Å². The van der Waals surface area contributed by atoms with Crippen molar-refractivity contribution in [2.45, 2.75) is 39.2 Å². The van der Waals surface area contributed by atoms with Crippen LogP contribution in [0.15, 0.2) is 0 Å². The fourth-order valence-corrected chi connectivity index (χ4v) is 3.25. The minimum absolute atomic E-state index is 0.148. The van der Waals surface area contributed by atoms with Gasteiger partial charge in [0.2, 0.25) is 0 Å². The molecule has 108 valence electrons. The summed E-state index contributed by atoms with van der Waals surface area (Å²) in [6.45, 7) is 5.78. The molecule has 0 spiro atoms. The lowest BCUT2D eigenvalue weighted by Crippen LogP contribution is -2.25. The Kier molecular flexibility index (Phi) is 4.50. The maximum atomic E-state index is 12.2. The van der Waals surface area contributed by atoms with E-state index < -0.39 is 0 Å². The molecule has 6 heteroatoms. The van der Waals surface area contributed by atoms with Crippen molar-refractivity contribution in [3.63, 3.8) is 0 Å². The van der Waals surface area contributed by atoms with E-state index in [0.717, 1.165) is 37.4 Å². The minimum Gasteiger partial charge on any atom is -0.396 e. The normalized spacial score (nSPS) is 13.8. The first-order valence-corrected chi connectivity index (χ1v) is 7.82. The number of hydrogen-bond donors (Lipinski definition) is 2. The number of amides is 1. The van der Waals surface area contributed by atoms with Gasteiger partial charge in [0.15, 0.2) is 0 Å². The van der Waals surface area contributed by atoms with E-state index in [-0.39, 0.29) is 11.9 Å². The van der Waals surface area contributed by atoms with Gasteiger partial charge in [0, 0.05) is 19.1 Å². The molecule has 5 nitrogen and oxygen atoms in total. The summed E-state index contributed by atoms with van der Waals surface area (Å²) in [7, 11) is 0. The van der Waals surface area contributed by atoms with Crippen LogP contribution in [-0.2, 0) is 0 Å². The molecule has 1 aliphatic rings. The number of carbonyl (C=O) groups is 1. The highest BCUT2D eigenvalue weighted by Crippen LogP contribution is 2.38. The summed E-state index contributed by atoms with van der Waals surface area (Å²) in [6.07, 6.45) is 3.05. The van der Waals surface area contributed by atoms with Crippen molar-refractivity contribution < 1.29 is 4.79 Å². The van der Waals surface area contributed by atoms with Crippen molar-refractivity contribution >= 4 is 27.9 Å². The Hall–Kier alpha value is -1.74. The number of nitrogens with one attached hydrogen (secondary N) is 1. The lowest BCUT2D eigenvalue weighted by atomic mass is 10.2. The highest BCUT2D eigenvalue weighted by molar-refractivity contribution is 7.19. The molecule has 1 aromatic heterocycles. The Labute approximate surface area is 123 Å². The van der Waals surface area contributed by atoms with Crippen LogP contribution in [0.5, 0.6) is 0 Å². The third-order valence-electron chi connectivity index (χ3n) is 3.32. The van der Waals surface area contributed by atoms with E-state index >= 15 is 0 Å². The van der Waals surface area contributed by atoms with Crippen molar-refractivity contribution in [2.24, 2.45) is 0 Å². The van der Waals surface area contributed by atoms with Crippen LogP contribution in [0.25, 0.3) is 0 Å². The van der Waals surface area contributed by atoms with Crippen LogP contribution in [0, 0.1) is 11.3 Å². The quantitative estimate of drug-likeness (QED) is 0.843. The number of carbonyl (C=O) groups excluding carboxylic acids is 1. The molecule has 1 amide bonds. The number of nitriles is 1. The van der Waals surface area contributed by atoms with E-state index in [1.807, 2.05) is 6.92 Å². The average Bonchev–Trinajstić information content (AvgIpc) is 3.18. The third-order valence-corrected chi connectivity index (χ3v) is 4.58. The van der Waals surface area contributed by atoms with Crippen molar-refractivity contribution in [2.75, 3.05) is 23.7 Å². The summed E-state index contributed by atoms with van der Waals surface area (Å²) < 4.78 is 0. The molecule has 0 aromatic carbocycles. The Morgan fingerprint density at radius 1 is 1.55 bits per heavy atom. The van der Waals surface area contributed by atoms with E-state index in [9.17, 15) is 10.1 Å². The van der Waals surface area contributed by atoms with Gasteiger partial charge in [0.25, 0.3) is 5.91 Å². The van der Waals surface area contributed by atoms with Gasteiger partial charge in [-0.1, -0.05) is 6.92 Å². The number of anilines is 2. The van der Waals surface area contributed by atoms with E-state index in [0.29, 0.717) is 16.1 Å². The van der Waals surface area contributed by atoms with E-state index in [2.05, 4.69) is 23.2 Å². The smallest absolute Gasteiger partial charge is 0.263 e. The van der Waals surface area contributed by atoms with Crippen LogP contribution in [0.1, 0.15) is 48.3 Å². The molecule has 0 saturated heterocycles. The Morgan fingerprint density at radius 2 is 2.25 bits per heavy atom. The van der Waals surface area contributed by atoms with Gasteiger partial charge >= 0.3 is 0 Å². The van der Waals surface area contributed by atoms with Crippen LogP contribution in [-0.4, -0.2) is 25.0 Å². The lowest BCUT2D eigenvalue weighted by molar-refractivity contribution is 0.0956. The first-order chi connectivity index (χ1) is 9.62. The second-order valence-corrected chi connectivity index (χ2v) is 5.96. The third kappa shape index (κ3) is 2.88. The Morgan fingerprint density at radius 3 is 2.75 bits per heavy atom. The topological polar surface area (TPSA) is 82.2 Å². The maximum absolute atomic E-state index is 12.2. The van der Waals surface area contributed by atoms with Gasteiger partial charge in [-0.2, -0.15) is 5.26 Å². The molecule has 2 rings (SSSR count). The predicted molar refractivity (Wildman–Crippen MR) is 82.1 cm³/mol. The summed E-state index contributed by atoms with van der Waals surface area (Å²) in [6, 6.07) is 2.43. The summed E-state index contributed by atoms with van der Waals surface area (Å²) in [5, 5.41) is 13.1. The highest BCUT2D eigenvalue weighted by Gasteiger charge is 2.28. The predicted octanol–water partition coefficient (Wildman–Crippen LogP) is 2.33. The maximum Gasteiger partial charge on any atom is 0.263 e. The summed E-state index contributed by atoms with van der Waals surface area (Å²) in [4.78, 5) is 14.7. The number of nitrogens with zero attached hydrogens (tertiary/aromatic N) is 2. The molecular formula is C14H20N4OS. The SMILES string of the molecule is CCCN(CC)c1sc(C(=O)NC2CC2)c(N)c1C#N. The number of nitrogen functional groups attached to an aromatic ring is 1. The lowest BCUT2D eigenvalue weighted by Gasteiger charge is -2.20. The van der Waals surface area contributed by atoms with E-state index in [1.165, 1.54) is 11.3 Å². The van der Waals surface area contributed by atoms with E-state index in [1.54, 1.807) is 0 Å². The van der Waals surface area contributed by atoms with Crippen LogP contribution in [0.2, 0.25) is 0 Å². The minimum atomic E-state index is -0.148. The van der Waals surface area contributed by atoms with E-state index in [4.69, 9.17) is 5.73 Å². The fourth-order valence-electron chi connectivity index (χ4n) is 2.08. The molecule has 0 radical (unpaired) electrons. The van der Waals surface area contributed by atoms with Gasteiger partial charge in [-0.05, 0) is 26.2 Å². The standard InChI is InChI=1S/C14H20N4OS/c1-3-7-18(4-2)14-10(8-15)11(16)12(20-14)13(19)17-9-5-6-9/h9H,3-7,16H2,1-2H3,(H,17,19). The second kappa shape index (κ2) is 6.14. The van der Waals surface area contributed by atoms with Crippen LogP contribution < -0.4 is 16.0 Å². The molecule has 20 heavy (non-hydrogen) atoms. The molecule has 0 bridgehead atoms. The fraction of sp³-hybridized carbons (Fsp3) is 0.571. The molecule has 3 N–H and O–H groups in total. The number of thiophene rings is 1. The largest absolute Gasteiger partial charge is 0.396 e. The summed E-state index contributed by atoms with van der Waals surface area (Å²) >= 11 is 1.33. The summed E-state index contributed by atoms with van der Waals surface area (Å²) in [5.74, 6) is -0.148. The average molecular weight is 292 g/mol. The van der Waals surface area contributed by atoms with Gasteiger partial charge in [0.1, 0.15) is 21.5 Å². The second-order valence-electron chi connectivity index (χ2n) is 4.96. The van der Waals surface area contributed by atoms with Crippen LogP contribution >= 0.6 is 11.3 Å². The number of nitrogens with two attached hydrogens (primary N) is 1.